The maximum Gasteiger partial charge on any atom is 0.309 e. The lowest BCUT2D eigenvalue weighted by atomic mass is 9.76. The number of nitrogens with one attached hydrogen (secondary N) is 1. The predicted molar refractivity (Wildman–Crippen MR) is 136 cm³/mol. The van der Waals surface area contributed by atoms with Gasteiger partial charge in [0.1, 0.15) is 11.2 Å². The molecule has 1 spiro atoms. The maximum absolute atomic E-state index is 12.6. The molecule has 2 aromatic heterocycles. The molecule has 1 aliphatic heterocycles. The fraction of sp³-hybridized carbons (Fsp3) is 0.704. The highest BCUT2D eigenvalue weighted by Gasteiger charge is 2.45. The number of pyridine rings is 1. The van der Waals surface area contributed by atoms with Crippen LogP contribution in [0.2, 0.25) is 0 Å². The minimum absolute atomic E-state index is 0.0612. The summed E-state index contributed by atoms with van der Waals surface area (Å²) in [6, 6.07) is 0.458. The van der Waals surface area contributed by atoms with Gasteiger partial charge in [0.05, 0.1) is 28.9 Å². The first-order valence-corrected chi connectivity index (χ1v) is 13.4. The molecule has 2 saturated carbocycles. The van der Waals surface area contributed by atoms with Crippen LogP contribution in [-0.2, 0) is 20.9 Å². The van der Waals surface area contributed by atoms with Crippen LogP contribution in [0.25, 0.3) is 11.0 Å². The summed E-state index contributed by atoms with van der Waals surface area (Å²) in [5.74, 6) is -0.151. The minimum Gasteiger partial charge on any atom is -0.460 e. The van der Waals surface area contributed by atoms with Gasteiger partial charge in [-0.2, -0.15) is 5.10 Å². The quantitative estimate of drug-likeness (QED) is 0.560. The summed E-state index contributed by atoms with van der Waals surface area (Å²) < 4.78 is 7.57. The van der Waals surface area contributed by atoms with E-state index in [1.807, 2.05) is 37.8 Å². The number of carbonyl (C=O) groups excluding carboxylic acids is 1. The molecule has 8 nitrogen and oxygen atoms in total. The van der Waals surface area contributed by atoms with E-state index in [1.165, 1.54) is 32.1 Å². The lowest BCUT2D eigenvalue weighted by Gasteiger charge is -2.35. The Balaban J connectivity index is 1.35. The second-order valence-corrected chi connectivity index (χ2v) is 11.5. The zero-order valence-corrected chi connectivity index (χ0v) is 21.6. The molecule has 3 heterocycles. The Kier molecular flexibility index (Phi) is 6.49. The first-order valence-electron chi connectivity index (χ1n) is 13.4. The third-order valence-corrected chi connectivity index (χ3v) is 7.71. The number of hydrogen-bond acceptors (Lipinski definition) is 7. The molecular formula is C27H39N5O3. The molecule has 0 saturated heterocycles. The number of nitrogens with zero attached hydrogens (tertiary/aromatic N) is 4. The van der Waals surface area contributed by atoms with Crippen LogP contribution in [0.15, 0.2) is 17.5 Å². The molecule has 0 amide bonds. The van der Waals surface area contributed by atoms with Crippen LogP contribution in [0.1, 0.15) is 97.5 Å². The van der Waals surface area contributed by atoms with Crippen LogP contribution in [-0.4, -0.2) is 43.7 Å². The van der Waals surface area contributed by atoms with E-state index in [9.17, 15) is 4.79 Å². The molecule has 5 rings (SSSR count). The summed E-state index contributed by atoms with van der Waals surface area (Å²) in [6.07, 6.45) is 14.0. The highest BCUT2D eigenvalue weighted by Crippen LogP contribution is 2.43. The van der Waals surface area contributed by atoms with E-state index < -0.39 is 5.60 Å². The van der Waals surface area contributed by atoms with Crippen LogP contribution < -0.4 is 5.32 Å². The molecular weight excluding hydrogens is 442 g/mol. The maximum atomic E-state index is 12.6. The molecule has 8 heteroatoms. The number of ether oxygens (including phenoxy) is 1. The molecule has 0 unspecified atom stereocenters. The van der Waals surface area contributed by atoms with Gasteiger partial charge in [-0.05, 0) is 66.2 Å². The SMILES string of the molecule is CCn1ncc2c(NC3CCCCC3)c(C3=NOC4(CCC(C(=O)OC(C)(C)C)CC4)C3)cnc21. The van der Waals surface area contributed by atoms with Crippen molar-refractivity contribution in [3.05, 3.63) is 18.0 Å². The minimum atomic E-state index is -0.453. The van der Waals surface area contributed by atoms with E-state index in [-0.39, 0.29) is 17.5 Å². The van der Waals surface area contributed by atoms with E-state index in [1.54, 1.807) is 0 Å². The van der Waals surface area contributed by atoms with Crippen molar-refractivity contribution < 1.29 is 14.4 Å². The van der Waals surface area contributed by atoms with E-state index in [2.05, 4.69) is 22.5 Å². The summed E-state index contributed by atoms with van der Waals surface area (Å²) in [5.41, 5.74) is 3.16. The molecule has 0 radical (unpaired) electrons. The Morgan fingerprint density at radius 3 is 2.60 bits per heavy atom. The lowest BCUT2D eigenvalue weighted by Crippen LogP contribution is -2.38. The van der Waals surface area contributed by atoms with Gasteiger partial charge >= 0.3 is 5.97 Å². The number of esters is 1. The van der Waals surface area contributed by atoms with Crippen LogP contribution in [0.3, 0.4) is 0 Å². The molecule has 35 heavy (non-hydrogen) atoms. The Labute approximate surface area is 207 Å². The standard InChI is InChI=1S/C27H39N5O3/c1-5-32-24-21(17-29-32)23(30-19-9-7-6-8-10-19)20(16-28-24)22-15-27(35-31-22)13-11-18(12-14-27)25(33)34-26(2,3)4/h16-19H,5-15H2,1-4H3,(H,28,30). The van der Waals surface area contributed by atoms with Gasteiger partial charge in [0, 0.05) is 30.8 Å². The first-order chi connectivity index (χ1) is 16.8. The molecule has 190 valence electrons. The van der Waals surface area contributed by atoms with Crippen LogP contribution in [0.5, 0.6) is 0 Å². The number of aryl methyl sites for hydroxylation is 1. The first kappa shape index (κ1) is 24.1. The highest BCUT2D eigenvalue weighted by molar-refractivity contribution is 6.10. The normalized spacial score (nSPS) is 25.5. The van der Waals surface area contributed by atoms with Crippen LogP contribution in [0.4, 0.5) is 5.69 Å². The van der Waals surface area contributed by atoms with Gasteiger partial charge in [0.2, 0.25) is 0 Å². The fourth-order valence-corrected chi connectivity index (χ4v) is 5.78. The van der Waals surface area contributed by atoms with Crippen LogP contribution >= 0.6 is 0 Å². The second-order valence-electron chi connectivity index (χ2n) is 11.5. The topological polar surface area (TPSA) is 90.6 Å². The van der Waals surface area contributed by atoms with Gasteiger partial charge < -0.3 is 14.9 Å². The number of rotatable bonds is 5. The van der Waals surface area contributed by atoms with Crippen molar-refractivity contribution in [3.63, 3.8) is 0 Å². The van der Waals surface area contributed by atoms with Crippen molar-refractivity contribution in [2.45, 2.75) is 116 Å². The summed E-state index contributed by atoms with van der Waals surface area (Å²) in [7, 11) is 0. The van der Waals surface area contributed by atoms with Crippen LogP contribution in [0, 0.1) is 5.92 Å². The number of anilines is 1. The number of carbonyl (C=O) groups is 1. The summed E-state index contributed by atoms with van der Waals surface area (Å²) in [5, 5.41) is 14.1. The van der Waals surface area contributed by atoms with Crippen molar-refractivity contribution in [2.75, 3.05) is 5.32 Å². The average Bonchev–Trinajstić information content (AvgIpc) is 3.44. The van der Waals surface area contributed by atoms with Crippen molar-refractivity contribution >= 4 is 28.4 Å². The number of fused-ring (bicyclic) bond motifs is 1. The molecule has 0 bridgehead atoms. The largest absolute Gasteiger partial charge is 0.460 e. The predicted octanol–water partition coefficient (Wildman–Crippen LogP) is 5.59. The van der Waals surface area contributed by atoms with Gasteiger partial charge in [0.25, 0.3) is 0 Å². The molecule has 2 aliphatic carbocycles. The van der Waals surface area contributed by atoms with Crippen molar-refractivity contribution in [2.24, 2.45) is 11.1 Å². The zero-order valence-electron chi connectivity index (χ0n) is 21.6. The zero-order chi connectivity index (χ0) is 24.6. The van der Waals surface area contributed by atoms with E-state index in [0.29, 0.717) is 6.04 Å². The lowest BCUT2D eigenvalue weighted by molar-refractivity contribution is -0.163. The molecule has 3 aliphatic rings. The van der Waals surface area contributed by atoms with Gasteiger partial charge in [-0.3, -0.25) is 4.79 Å². The molecule has 1 N–H and O–H groups in total. The second kappa shape index (κ2) is 9.43. The Morgan fingerprint density at radius 1 is 1.17 bits per heavy atom. The summed E-state index contributed by atoms with van der Waals surface area (Å²) in [4.78, 5) is 23.5. The number of oxime groups is 1. The monoisotopic (exact) mass is 481 g/mol. The van der Waals surface area contributed by atoms with Gasteiger partial charge in [-0.25, -0.2) is 9.67 Å². The van der Waals surface area contributed by atoms with Crippen molar-refractivity contribution in [1.29, 1.82) is 0 Å². The molecule has 2 fully saturated rings. The van der Waals surface area contributed by atoms with E-state index in [0.717, 1.165) is 66.6 Å². The summed E-state index contributed by atoms with van der Waals surface area (Å²) in [6.45, 7) is 8.63. The number of aromatic nitrogens is 3. The van der Waals surface area contributed by atoms with Crippen molar-refractivity contribution in [3.8, 4) is 0 Å². The Bertz CT molecular complexity index is 1100. The summed E-state index contributed by atoms with van der Waals surface area (Å²) >= 11 is 0. The highest BCUT2D eigenvalue weighted by atomic mass is 16.7. The fourth-order valence-electron chi connectivity index (χ4n) is 5.78. The van der Waals surface area contributed by atoms with Gasteiger partial charge in [0.15, 0.2) is 5.65 Å². The Hall–Kier alpha value is -2.64. The van der Waals surface area contributed by atoms with E-state index >= 15 is 0 Å². The molecule has 0 atom stereocenters. The number of hydrogen-bond donors (Lipinski definition) is 1. The Morgan fingerprint density at radius 2 is 1.91 bits per heavy atom. The third kappa shape index (κ3) is 5.02. The van der Waals surface area contributed by atoms with Gasteiger partial charge in [-0.1, -0.05) is 24.4 Å². The van der Waals surface area contributed by atoms with E-state index in [4.69, 9.17) is 14.6 Å². The van der Waals surface area contributed by atoms with Gasteiger partial charge in [-0.15, -0.1) is 0 Å². The average molecular weight is 482 g/mol. The third-order valence-electron chi connectivity index (χ3n) is 7.71. The smallest absolute Gasteiger partial charge is 0.309 e. The van der Waals surface area contributed by atoms with Crippen molar-refractivity contribution in [1.82, 2.24) is 14.8 Å². The molecule has 2 aromatic rings. The molecule has 0 aromatic carbocycles.